The van der Waals surface area contributed by atoms with Crippen molar-refractivity contribution in [1.29, 1.82) is 0 Å². The first-order chi connectivity index (χ1) is 8.67. The molecule has 1 amide bonds. The van der Waals surface area contributed by atoms with E-state index in [0.29, 0.717) is 6.42 Å². The number of benzene rings is 1. The Bertz CT molecular complexity index is 361. The van der Waals surface area contributed by atoms with Gasteiger partial charge in [0.15, 0.2) is 0 Å². The predicted molar refractivity (Wildman–Crippen MR) is 65.5 cm³/mol. The lowest BCUT2D eigenvalue weighted by molar-refractivity contribution is -0.132. The summed E-state index contributed by atoms with van der Waals surface area (Å²) in [5.41, 5.74) is 0.887. The molecule has 0 aliphatic carbocycles. The summed E-state index contributed by atoms with van der Waals surface area (Å²) in [4.78, 5) is 13.2. The first kappa shape index (κ1) is 14.6. The number of hydrogen-bond acceptors (Lipinski definition) is 3. The van der Waals surface area contributed by atoms with E-state index in [1.807, 2.05) is 0 Å². The van der Waals surface area contributed by atoms with Crippen LogP contribution in [-0.4, -0.2) is 47.3 Å². The number of aliphatic hydroxyl groups excluding tert-OH is 2. The molecule has 0 spiro atoms. The Labute approximate surface area is 106 Å². The molecule has 100 valence electrons. The highest BCUT2D eigenvalue weighted by Gasteiger charge is 2.12. The summed E-state index contributed by atoms with van der Waals surface area (Å²) >= 11 is 0. The second-order valence-corrected chi connectivity index (χ2v) is 3.95. The molecule has 0 aliphatic rings. The summed E-state index contributed by atoms with van der Waals surface area (Å²) in [6.45, 7) is 0.205. The topological polar surface area (TPSA) is 60.8 Å². The van der Waals surface area contributed by atoms with Crippen molar-refractivity contribution in [3.8, 4) is 0 Å². The number of nitrogens with zero attached hydrogens (tertiary/aromatic N) is 1. The van der Waals surface area contributed by atoms with Gasteiger partial charge in [-0.05, 0) is 24.1 Å². The Hall–Kier alpha value is -1.46. The maximum atomic E-state index is 12.7. The SMILES string of the molecule is O=C(CCc1ccc(F)cc1)N(CCO)CCO. The molecule has 0 saturated heterocycles. The van der Waals surface area contributed by atoms with Crippen LogP contribution in [0.3, 0.4) is 0 Å². The molecular formula is C13H18FNO3. The van der Waals surface area contributed by atoms with Crippen LogP contribution in [0.4, 0.5) is 4.39 Å². The van der Waals surface area contributed by atoms with Crippen molar-refractivity contribution in [2.75, 3.05) is 26.3 Å². The van der Waals surface area contributed by atoms with Crippen LogP contribution in [0.5, 0.6) is 0 Å². The third-order valence-electron chi connectivity index (χ3n) is 2.63. The monoisotopic (exact) mass is 255 g/mol. The predicted octanol–water partition coefficient (Wildman–Crippen LogP) is 0.572. The van der Waals surface area contributed by atoms with Crippen molar-refractivity contribution in [3.63, 3.8) is 0 Å². The summed E-state index contributed by atoms with van der Waals surface area (Å²) in [6.07, 6.45) is 0.804. The van der Waals surface area contributed by atoms with Gasteiger partial charge in [-0.25, -0.2) is 4.39 Å². The number of carbonyl (C=O) groups is 1. The molecule has 0 atom stereocenters. The fourth-order valence-electron chi connectivity index (χ4n) is 1.66. The Morgan fingerprint density at radius 1 is 1.11 bits per heavy atom. The van der Waals surface area contributed by atoms with Crippen LogP contribution in [0.2, 0.25) is 0 Å². The van der Waals surface area contributed by atoms with Gasteiger partial charge in [-0.3, -0.25) is 4.79 Å². The first-order valence-electron chi connectivity index (χ1n) is 5.91. The number of hydrogen-bond donors (Lipinski definition) is 2. The molecule has 0 aromatic heterocycles. The lowest BCUT2D eigenvalue weighted by atomic mass is 10.1. The van der Waals surface area contributed by atoms with Gasteiger partial charge in [0.1, 0.15) is 5.82 Å². The van der Waals surface area contributed by atoms with E-state index in [-0.39, 0.29) is 44.4 Å². The quantitative estimate of drug-likeness (QED) is 0.749. The second-order valence-electron chi connectivity index (χ2n) is 3.95. The minimum Gasteiger partial charge on any atom is -0.395 e. The molecule has 0 fully saturated rings. The zero-order valence-electron chi connectivity index (χ0n) is 10.2. The molecule has 18 heavy (non-hydrogen) atoms. The lowest BCUT2D eigenvalue weighted by Crippen LogP contribution is -2.35. The fraction of sp³-hybridized carbons (Fsp3) is 0.462. The van der Waals surface area contributed by atoms with Gasteiger partial charge >= 0.3 is 0 Å². The van der Waals surface area contributed by atoms with Gasteiger partial charge < -0.3 is 15.1 Å². The number of aryl methyl sites for hydroxylation is 1. The second kappa shape index (κ2) is 7.79. The zero-order valence-corrected chi connectivity index (χ0v) is 10.2. The van der Waals surface area contributed by atoms with Gasteiger partial charge in [0.25, 0.3) is 0 Å². The normalized spacial score (nSPS) is 10.4. The van der Waals surface area contributed by atoms with E-state index in [1.54, 1.807) is 12.1 Å². The maximum absolute atomic E-state index is 12.7. The van der Waals surface area contributed by atoms with Crippen LogP contribution in [0.1, 0.15) is 12.0 Å². The van der Waals surface area contributed by atoms with E-state index in [1.165, 1.54) is 17.0 Å². The molecule has 0 aliphatic heterocycles. The molecule has 5 heteroatoms. The summed E-state index contributed by atoms with van der Waals surface area (Å²) < 4.78 is 12.7. The van der Waals surface area contributed by atoms with E-state index < -0.39 is 0 Å². The number of halogens is 1. The number of rotatable bonds is 7. The molecule has 1 rings (SSSR count). The van der Waals surface area contributed by atoms with Crippen LogP contribution in [0, 0.1) is 5.82 Å². The van der Waals surface area contributed by atoms with E-state index in [9.17, 15) is 9.18 Å². The van der Waals surface area contributed by atoms with Crippen molar-refractivity contribution in [2.24, 2.45) is 0 Å². The highest BCUT2D eigenvalue weighted by Crippen LogP contribution is 2.07. The fourth-order valence-corrected chi connectivity index (χ4v) is 1.66. The summed E-state index contributed by atoms with van der Waals surface area (Å²) in [5.74, 6) is -0.422. The molecule has 1 aromatic rings. The van der Waals surface area contributed by atoms with Crippen LogP contribution in [-0.2, 0) is 11.2 Å². The maximum Gasteiger partial charge on any atom is 0.223 e. The zero-order chi connectivity index (χ0) is 13.4. The minimum absolute atomic E-state index is 0.123. The molecule has 0 radical (unpaired) electrons. The standard InChI is InChI=1S/C13H18FNO3/c14-12-4-1-11(2-5-12)3-6-13(18)15(7-9-16)8-10-17/h1-2,4-5,16-17H,3,6-10H2. The van der Waals surface area contributed by atoms with Gasteiger partial charge in [-0.1, -0.05) is 12.1 Å². The van der Waals surface area contributed by atoms with Gasteiger partial charge in [0, 0.05) is 19.5 Å². The van der Waals surface area contributed by atoms with Gasteiger partial charge in [0.2, 0.25) is 5.91 Å². The van der Waals surface area contributed by atoms with Crippen molar-refractivity contribution in [3.05, 3.63) is 35.6 Å². The van der Waals surface area contributed by atoms with E-state index in [2.05, 4.69) is 0 Å². The van der Waals surface area contributed by atoms with Gasteiger partial charge in [-0.15, -0.1) is 0 Å². The summed E-state index contributed by atoms with van der Waals surface area (Å²) in [6, 6.07) is 6.01. The van der Waals surface area contributed by atoms with E-state index in [4.69, 9.17) is 10.2 Å². The Morgan fingerprint density at radius 2 is 1.67 bits per heavy atom. The first-order valence-corrected chi connectivity index (χ1v) is 5.91. The smallest absolute Gasteiger partial charge is 0.223 e. The van der Waals surface area contributed by atoms with Crippen LogP contribution in [0.15, 0.2) is 24.3 Å². The third-order valence-corrected chi connectivity index (χ3v) is 2.63. The highest BCUT2D eigenvalue weighted by atomic mass is 19.1. The van der Waals surface area contributed by atoms with Crippen molar-refractivity contribution >= 4 is 5.91 Å². The third kappa shape index (κ3) is 4.81. The molecule has 0 unspecified atom stereocenters. The van der Waals surface area contributed by atoms with Crippen molar-refractivity contribution < 1.29 is 19.4 Å². The van der Waals surface area contributed by atoms with E-state index in [0.717, 1.165) is 5.56 Å². The lowest BCUT2D eigenvalue weighted by Gasteiger charge is -2.20. The molecule has 0 bridgehead atoms. The van der Waals surface area contributed by atoms with Crippen molar-refractivity contribution in [1.82, 2.24) is 4.90 Å². The average molecular weight is 255 g/mol. The Kier molecular flexibility index (Phi) is 6.32. The summed E-state index contributed by atoms with van der Waals surface area (Å²) in [7, 11) is 0. The number of aliphatic hydroxyl groups is 2. The molecular weight excluding hydrogens is 237 g/mol. The van der Waals surface area contributed by atoms with Crippen molar-refractivity contribution in [2.45, 2.75) is 12.8 Å². The van der Waals surface area contributed by atoms with Gasteiger partial charge in [-0.2, -0.15) is 0 Å². The molecule has 1 aromatic carbocycles. The molecule has 0 heterocycles. The van der Waals surface area contributed by atoms with Crippen LogP contribution < -0.4 is 0 Å². The van der Waals surface area contributed by atoms with Crippen LogP contribution >= 0.6 is 0 Å². The minimum atomic E-state index is -0.299. The largest absolute Gasteiger partial charge is 0.395 e. The summed E-state index contributed by atoms with van der Waals surface area (Å²) in [5, 5.41) is 17.6. The molecule has 4 nitrogen and oxygen atoms in total. The van der Waals surface area contributed by atoms with Crippen LogP contribution in [0.25, 0.3) is 0 Å². The van der Waals surface area contributed by atoms with Gasteiger partial charge in [0.05, 0.1) is 13.2 Å². The van der Waals surface area contributed by atoms with E-state index >= 15 is 0 Å². The number of carbonyl (C=O) groups excluding carboxylic acids is 1. The number of amides is 1. The average Bonchev–Trinajstić information content (AvgIpc) is 2.37. The Balaban J connectivity index is 2.45. The highest BCUT2D eigenvalue weighted by molar-refractivity contribution is 5.76. The molecule has 0 saturated carbocycles. The molecule has 2 N–H and O–H groups in total. The Morgan fingerprint density at radius 3 is 2.17 bits per heavy atom.